The summed E-state index contributed by atoms with van der Waals surface area (Å²) in [5.74, 6) is -0.674. The first-order valence-corrected chi connectivity index (χ1v) is 7.85. The number of hydrogen-bond donors (Lipinski definition) is 1. The molecular weight excluding hydrogens is 321 g/mol. The first kappa shape index (κ1) is 16.6. The normalized spacial score (nSPS) is 15.8. The standard InChI is InChI=1S/C16H19F3N4O/c1-22-7-6-11(8-22)15(16(17,18)19)21-14(24)9-23-10-20-12-4-2-3-5-13(12)23/h6-8,10,15H,2-5,9H2,1H3,(H,21,24)/t15-/m0/s1. The molecule has 5 nitrogen and oxygen atoms in total. The van der Waals surface area contributed by atoms with E-state index in [2.05, 4.69) is 10.3 Å². The van der Waals surface area contributed by atoms with E-state index < -0.39 is 18.1 Å². The maximum Gasteiger partial charge on any atom is 0.412 e. The van der Waals surface area contributed by atoms with E-state index in [4.69, 9.17) is 0 Å². The predicted molar refractivity (Wildman–Crippen MR) is 81.2 cm³/mol. The Labute approximate surface area is 137 Å². The second-order valence-electron chi connectivity index (χ2n) is 6.13. The summed E-state index contributed by atoms with van der Waals surface area (Å²) >= 11 is 0. The van der Waals surface area contributed by atoms with Gasteiger partial charge in [-0.15, -0.1) is 0 Å². The molecule has 24 heavy (non-hydrogen) atoms. The summed E-state index contributed by atoms with van der Waals surface area (Å²) in [4.78, 5) is 16.4. The van der Waals surface area contributed by atoms with Crippen LogP contribution in [-0.2, 0) is 31.2 Å². The topological polar surface area (TPSA) is 51.9 Å². The number of halogens is 3. The number of hydrogen-bond acceptors (Lipinski definition) is 2. The van der Waals surface area contributed by atoms with Gasteiger partial charge >= 0.3 is 6.18 Å². The van der Waals surface area contributed by atoms with Gasteiger partial charge in [-0.3, -0.25) is 4.79 Å². The molecule has 3 rings (SSSR count). The van der Waals surface area contributed by atoms with Crippen molar-refractivity contribution in [3.05, 3.63) is 41.7 Å². The highest BCUT2D eigenvalue weighted by Gasteiger charge is 2.42. The molecule has 0 aromatic carbocycles. The highest BCUT2D eigenvalue weighted by Crippen LogP contribution is 2.32. The van der Waals surface area contributed by atoms with Gasteiger partial charge in [-0.25, -0.2) is 4.98 Å². The Hall–Kier alpha value is -2.25. The largest absolute Gasteiger partial charge is 0.412 e. The number of imidazole rings is 1. The number of fused-ring (bicyclic) bond motifs is 1. The van der Waals surface area contributed by atoms with Crippen molar-refractivity contribution in [1.82, 2.24) is 19.4 Å². The van der Waals surface area contributed by atoms with Crippen molar-refractivity contribution >= 4 is 5.91 Å². The number of carbonyl (C=O) groups is 1. The second-order valence-corrected chi connectivity index (χ2v) is 6.13. The minimum absolute atomic E-state index is 0.0195. The molecule has 0 bridgehead atoms. The summed E-state index contributed by atoms with van der Waals surface area (Å²) < 4.78 is 43.0. The summed E-state index contributed by atoms with van der Waals surface area (Å²) in [5.41, 5.74) is 1.93. The zero-order chi connectivity index (χ0) is 17.3. The minimum Gasteiger partial charge on any atom is -0.357 e. The summed E-state index contributed by atoms with van der Waals surface area (Å²) in [6.07, 6.45) is 3.61. The van der Waals surface area contributed by atoms with Crippen LogP contribution in [0.2, 0.25) is 0 Å². The van der Waals surface area contributed by atoms with Crippen LogP contribution >= 0.6 is 0 Å². The molecule has 0 saturated heterocycles. The van der Waals surface area contributed by atoms with Crippen molar-refractivity contribution < 1.29 is 18.0 Å². The van der Waals surface area contributed by atoms with Gasteiger partial charge in [0, 0.05) is 30.7 Å². The SMILES string of the molecule is Cn1ccc([C@H](NC(=O)Cn2cnc3c2CCCC3)C(F)(F)F)c1. The van der Waals surface area contributed by atoms with Crippen molar-refractivity contribution in [2.45, 2.75) is 44.4 Å². The fourth-order valence-corrected chi connectivity index (χ4v) is 3.08. The van der Waals surface area contributed by atoms with E-state index in [1.807, 2.05) is 0 Å². The van der Waals surface area contributed by atoms with Crippen LogP contribution in [0, 0.1) is 0 Å². The molecule has 8 heteroatoms. The van der Waals surface area contributed by atoms with Gasteiger partial charge < -0.3 is 14.5 Å². The molecule has 1 amide bonds. The zero-order valence-corrected chi connectivity index (χ0v) is 13.3. The van der Waals surface area contributed by atoms with Gasteiger partial charge in [0.25, 0.3) is 0 Å². The van der Waals surface area contributed by atoms with Gasteiger partial charge in [0.05, 0.1) is 12.0 Å². The monoisotopic (exact) mass is 340 g/mol. The van der Waals surface area contributed by atoms with Crippen LogP contribution in [0.1, 0.15) is 35.8 Å². The molecule has 1 aliphatic carbocycles. The van der Waals surface area contributed by atoms with E-state index in [0.717, 1.165) is 37.1 Å². The van der Waals surface area contributed by atoms with Crippen molar-refractivity contribution in [3.8, 4) is 0 Å². The minimum atomic E-state index is -4.55. The smallest absolute Gasteiger partial charge is 0.357 e. The van der Waals surface area contributed by atoms with Gasteiger partial charge in [-0.05, 0) is 31.7 Å². The van der Waals surface area contributed by atoms with Gasteiger partial charge in [0.1, 0.15) is 6.54 Å². The lowest BCUT2D eigenvalue weighted by atomic mass is 10.0. The van der Waals surface area contributed by atoms with Crippen LogP contribution in [0.3, 0.4) is 0 Å². The lowest BCUT2D eigenvalue weighted by Gasteiger charge is -2.21. The van der Waals surface area contributed by atoms with Crippen molar-refractivity contribution in [2.24, 2.45) is 7.05 Å². The van der Waals surface area contributed by atoms with Crippen molar-refractivity contribution in [2.75, 3.05) is 0 Å². The molecule has 1 aliphatic rings. The van der Waals surface area contributed by atoms with Crippen LogP contribution in [0.4, 0.5) is 13.2 Å². The predicted octanol–water partition coefficient (Wildman–Crippen LogP) is 2.52. The maximum absolute atomic E-state index is 13.3. The highest BCUT2D eigenvalue weighted by atomic mass is 19.4. The Kier molecular flexibility index (Phi) is 4.38. The zero-order valence-electron chi connectivity index (χ0n) is 13.3. The molecule has 2 aromatic rings. The third-order valence-corrected chi connectivity index (χ3v) is 4.24. The van der Waals surface area contributed by atoms with E-state index in [-0.39, 0.29) is 12.1 Å². The lowest BCUT2D eigenvalue weighted by Crippen LogP contribution is -2.39. The van der Waals surface area contributed by atoms with E-state index >= 15 is 0 Å². The van der Waals surface area contributed by atoms with Crippen molar-refractivity contribution in [3.63, 3.8) is 0 Å². The average Bonchev–Trinajstić information content (AvgIpc) is 3.11. The molecule has 0 aliphatic heterocycles. The molecule has 2 aromatic heterocycles. The Balaban J connectivity index is 1.73. The fraction of sp³-hybridized carbons (Fsp3) is 0.500. The average molecular weight is 340 g/mol. The molecule has 0 saturated carbocycles. The number of nitrogens with zero attached hydrogens (tertiary/aromatic N) is 3. The first-order valence-electron chi connectivity index (χ1n) is 7.85. The Bertz CT molecular complexity index is 732. The molecule has 0 radical (unpaired) electrons. The van der Waals surface area contributed by atoms with Gasteiger partial charge in [0.2, 0.25) is 5.91 Å². The molecule has 1 N–H and O–H groups in total. The Morgan fingerprint density at radius 3 is 2.79 bits per heavy atom. The number of nitrogens with one attached hydrogen (secondary N) is 1. The highest BCUT2D eigenvalue weighted by molar-refractivity contribution is 5.76. The Morgan fingerprint density at radius 1 is 1.38 bits per heavy atom. The third-order valence-electron chi connectivity index (χ3n) is 4.24. The number of alkyl halides is 3. The number of rotatable bonds is 4. The molecule has 0 fully saturated rings. The number of amides is 1. The fourth-order valence-electron chi connectivity index (χ4n) is 3.08. The quantitative estimate of drug-likeness (QED) is 0.930. The molecule has 130 valence electrons. The van der Waals surface area contributed by atoms with E-state index in [0.29, 0.717) is 0 Å². The van der Waals surface area contributed by atoms with E-state index in [1.54, 1.807) is 17.9 Å². The van der Waals surface area contributed by atoms with E-state index in [9.17, 15) is 18.0 Å². The van der Waals surface area contributed by atoms with Gasteiger partial charge in [-0.1, -0.05) is 0 Å². The Morgan fingerprint density at radius 2 is 2.12 bits per heavy atom. The summed E-state index contributed by atoms with van der Waals surface area (Å²) in [7, 11) is 1.64. The number of carbonyl (C=O) groups excluding carboxylic acids is 1. The van der Waals surface area contributed by atoms with Crippen LogP contribution < -0.4 is 5.32 Å². The molecule has 1 atom stereocenters. The maximum atomic E-state index is 13.3. The first-order chi connectivity index (χ1) is 11.3. The summed E-state index contributed by atoms with van der Waals surface area (Å²) in [5, 5.41) is 2.11. The van der Waals surface area contributed by atoms with Crippen LogP contribution in [0.5, 0.6) is 0 Å². The third kappa shape index (κ3) is 3.47. The second kappa shape index (κ2) is 6.33. The lowest BCUT2D eigenvalue weighted by molar-refractivity contribution is -0.163. The molecular formula is C16H19F3N4O. The van der Waals surface area contributed by atoms with Gasteiger partial charge in [0.15, 0.2) is 6.04 Å². The van der Waals surface area contributed by atoms with Crippen LogP contribution in [0.25, 0.3) is 0 Å². The summed E-state index contributed by atoms with van der Waals surface area (Å²) in [6.45, 7) is -0.151. The van der Waals surface area contributed by atoms with Crippen molar-refractivity contribution in [1.29, 1.82) is 0 Å². The van der Waals surface area contributed by atoms with Crippen LogP contribution in [0.15, 0.2) is 24.8 Å². The number of aromatic nitrogens is 3. The van der Waals surface area contributed by atoms with Crippen LogP contribution in [-0.4, -0.2) is 26.2 Å². The molecule has 2 heterocycles. The van der Waals surface area contributed by atoms with Gasteiger partial charge in [-0.2, -0.15) is 13.2 Å². The number of aryl methyl sites for hydroxylation is 2. The molecule has 0 spiro atoms. The summed E-state index contributed by atoms with van der Waals surface area (Å²) in [6, 6.07) is -0.650. The molecule has 0 unspecified atom stereocenters. The van der Waals surface area contributed by atoms with E-state index in [1.165, 1.54) is 23.0 Å².